The van der Waals surface area contributed by atoms with E-state index < -0.39 is 18.4 Å². The first-order valence-electron chi connectivity index (χ1n) is 5.96. The third-order valence-corrected chi connectivity index (χ3v) is 2.72. The fraction of sp³-hybridized carbons (Fsp3) is 0.267. The summed E-state index contributed by atoms with van der Waals surface area (Å²) in [5.41, 5.74) is 0.635. The van der Waals surface area contributed by atoms with Gasteiger partial charge in [-0.25, -0.2) is 4.79 Å². The molecule has 19 heavy (non-hydrogen) atoms. The van der Waals surface area contributed by atoms with E-state index in [-0.39, 0.29) is 0 Å². The van der Waals surface area contributed by atoms with Crippen LogP contribution in [-0.2, 0) is 4.74 Å². The van der Waals surface area contributed by atoms with Crippen molar-refractivity contribution in [1.29, 1.82) is 0 Å². The fourth-order valence-electron chi connectivity index (χ4n) is 1.89. The van der Waals surface area contributed by atoms with Crippen molar-refractivity contribution >= 4 is 6.16 Å². The molecule has 0 radical (unpaired) electrons. The van der Waals surface area contributed by atoms with Gasteiger partial charge in [0.15, 0.2) is 0 Å². The van der Waals surface area contributed by atoms with Crippen LogP contribution in [0.1, 0.15) is 12.8 Å². The van der Waals surface area contributed by atoms with Gasteiger partial charge >= 0.3 is 6.16 Å². The quantitative estimate of drug-likeness (QED) is 0.502. The van der Waals surface area contributed by atoms with Gasteiger partial charge in [0.2, 0.25) is 0 Å². The number of hydrogen-bond acceptors (Lipinski definition) is 4. The van der Waals surface area contributed by atoms with Crippen molar-refractivity contribution in [3.8, 4) is 18.1 Å². The summed E-state index contributed by atoms with van der Waals surface area (Å²) in [7, 11) is 0. The van der Waals surface area contributed by atoms with Crippen LogP contribution < -0.4 is 4.74 Å². The third-order valence-electron chi connectivity index (χ3n) is 2.72. The molecular weight excluding hydrogens is 244 g/mol. The molecule has 0 spiro atoms. The van der Waals surface area contributed by atoms with E-state index in [0.717, 1.165) is 0 Å². The molecule has 0 unspecified atom stereocenters. The first-order valence-corrected chi connectivity index (χ1v) is 5.96. The monoisotopic (exact) mass is 258 g/mol. The fourth-order valence-corrected chi connectivity index (χ4v) is 1.89. The smallest absolute Gasteiger partial charge is 0.426 e. The number of terminal acetylenes is 1. The predicted molar refractivity (Wildman–Crippen MR) is 69.5 cm³/mol. The summed E-state index contributed by atoms with van der Waals surface area (Å²) in [5, 5.41) is 9.62. The second-order valence-corrected chi connectivity index (χ2v) is 4.25. The Labute approximate surface area is 111 Å². The van der Waals surface area contributed by atoms with Crippen LogP contribution in [-0.4, -0.2) is 23.5 Å². The van der Waals surface area contributed by atoms with E-state index >= 15 is 0 Å². The van der Waals surface area contributed by atoms with Crippen molar-refractivity contribution in [2.45, 2.75) is 25.0 Å². The van der Waals surface area contributed by atoms with Crippen LogP contribution in [0.25, 0.3) is 0 Å². The maximum atomic E-state index is 11.6. The van der Waals surface area contributed by atoms with Crippen molar-refractivity contribution in [2.75, 3.05) is 0 Å². The Bertz CT molecular complexity index is 513. The summed E-state index contributed by atoms with van der Waals surface area (Å²) in [5.74, 6) is 2.86. The zero-order chi connectivity index (χ0) is 13.7. The van der Waals surface area contributed by atoms with Gasteiger partial charge in [0.05, 0.1) is 6.10 Å². The zero-order valence-corrected chi connectivity index (χ0v) is 10.3. The van der Waals surface area contributed by atoms with Crippen LogP contribution in [0.2, 0.25) is 0 Å². The van der Waals surface area contributed by atoms with E-state index in [1.807, 2.05) is 6.07 Å². The maximum Gasteiger partial charge on any atom is 0.514 e. The summed E-state index contributed by atoms with van der Waals surface area (Å²) < 4.78 is 10.1. The lowest BCUT2D eigenvalue weighted by Crippen LogP contribution is -2.27. The van der Waals surface area contributed by atoms with Crippen molar-refractivity contribution in [2.24, 2.45) is 0 Å². The highest BCUT2D eigenvalue weighted by Crippen LogP contribution is 2.21. The van der Waals surface area contributed by atoms with Gasteiger partial charge in [0.25, 0.3) is 0 Å². The lowest BCUT2D eigenvalue weighted by atomic mass is 9.95. The Kier molecular flexibility index (Phi) is 4.22. The van der Waals surface area contributed by atoms with Crippen LogP contribution >= 0.6 is 0 Å². The molecule has 98 valence electrons. The molecule has 2 rings (SSSR count). The highest BCUT2D eigenvalue weighted by molar-refractivity contribution is 5.64. The largest absolute Gasteiger partial charge is 0.514 e. The normalized spacial score (nSPS) is 22.0. The Morgan fingerprint density at radius 2 is 2.11 bits per heavy atom. The molecule has 0 aliphatic heterocycles. The molecule has 0 aromatic heterocycles. The number of ether oxygens (including phenoxy) is 2. The number of aliphatic hydroxyl groups excluding tert-OH is 1. The molecule has 1 N–H and O–H groups in total. The van der Waals surface area contributed by atoms with Gasteiger partial charge in [0, 0.05) is 18.4 Å². The summed E-state index contributed by atoms with van der Waals surface area (Å²) in [6.45, 7) is 0. The van der Waals surface area contributed by atoms with Crippen molar-refractivity contribution in [1.82, 2.24) is 0 Å². The molecule has 1 aromatic rings. The molecule has 0 saturated carbocycles. The topological polar surface area (TPSA) is 55.8 Å². The second kappa shape index (κ2) is 6.07. The van der Waals surface area contributed by atoms with Crippen LogP contribution in [0, 0.1) is 12.3 Å². The molecule has 1 aliphatic rings. The Morgan fingerprint density at radius 3 is 2.79 bits per heavy atom. The number of hydrogen-bond donors (Lipinski definition) is 1. The second-order valence-electron chi connectivity index (χ2n) is 4.25. The molecule has 0 bridgehead atoms. The van der Waals surface area contributed by atoms with E-state index in [9.17, 15) is 9.90 Å². The molecule has 2 atom stereocenters. The minimum atomic E-state index is -0.807. The van der Waals surface area contributed by atoms with Gasteiger partial charge in [-0.15, -0.1) is 6.42 Å². The van der Waals surface area contributed by atoms with Crippen molar-refractivity contribution in [3.05, 3.63) is 42.0 Å². The SMILES string of the molecule is C#CC1=C[C@H](OC(=O)Oc2ccccc2)C[C@@H](O)C1. The first kappa shape index (κ1) is 13.2. The van der Waals surface area contributed by atoms with Crippen LogP contribution in [0.3, 0.4) is 0 Å². The molecule has 4 nitrogen and oxygen atoms in total. The highest BCUT2D eigenvalue weighted by atomic mass is 16.7. The van der Waals surface area contributed by atoms with Crippen molar-refractivity contribution < 1.29 is 19.4 Å². The van der Waals surface area contributed by atoms with Gasteiger partial charge in [-0.05, 0) is 18.2 Å². The molecule has 4 heteroatoms. The number of aliphatic hydroxyl groups is 1. The Morgan fingerprint density at radius 1 is 1.37 bits per heavy atom. The van der Waals surface area contributed by atoms with Gasteiger partial charge in [-0.1, -0.05) is 24.1 Å². The highest BCUT2D eigenvalue weighted by Gasteiger charge is 2.23. The predicted octanol–water partition coefficient (Wildman–Crippen LogP) is 2.28. The average molecular weight is 258 g/mol. The van der Waals surface area contributed by atoms with Crippen LogP contribution in [0.5, 0.6) is 5.75 Å². The summed E-state index contributed by atoms with van der Waals surface area (Å²) in [6, 6.07) is 8.63. The van der Waals surface area contributed by atoms with E-state index in [1.54, 1.807) is 30.3 Å². The van der Waals surface area contributed by atoms with Gasteiger partial charge < -0.3 is 14.6 Å². The van der Waals surface area contributed by atoms with Crippen molar-refractivity contribution in [3.63, 3.8) is 0 Å². The van der Waals surface area contributed by atoms with Crippen LogP contribution in [0.15, 0.2) is 42.0 Å². The van der Waals surface area contributed by atoms with E-state index in [0.29, 0.717) is 24.2 Å². The number of benzene rings is 1. The van der Waals surface area contributed by atoms with E-state index in [2.05, 4.69) is 5.92 Å². The number of para-hydroxylation sites is 1. The van der Waals surface area contributed by atoms with Gasteiger partial charge in [-0.2, -0.15) is 0 Å². The maximum absolute atomic E-state index is 11.6. The number of carbonyl (C=O) groups is 1. The summed E-state index contributed by atoms with van der Waals surface area (Å²) >= 11 is 0. The zero-order valence-electron chi connectivity index (χ0n) is 10.3. The van der Waals surface area contributed by atoms with E-state index in [4.69, 9.17) is 15.9 Å². The average Bonchev–Trinajstić information content (AvgIpc) is 2.38. The molecule has 0 saturated heterocycles. The first-order chi connectivity index (χ1) is 9.17. The molecular formula is C15H14O4. The number of carbonyl (C=O) groups excluding carboxylic acids is 1. The molecule has 0 heterocycles. The minimum absolute atomic E-state index is 0.328. The minimum Gasteiger partial charge on any atom is -0.426 e. The molecule has 0 fully saturated rings. The standard InChI is InChI=1S/C15H14O4/c1-2-11-8-12(16)10-14(9-11)19-15(17)18-13-6-4-3-5-7-13/h1,3-7,9,12,14,16H,8,10H2/t12-,14-/m0/s1. The van der Waals surface area contributed by atoms with Gasteiger partial charge in [-0.3, -0.25) is 0 Å². The lowest BCUT2D eigenvalue weighted by Gasteiger charge is -2.22. The summed E-state index contributed by atoms with van der Waals surface area (Å²) in [6.07, 6.45) is 5.75. The molecule has 1 aromatic carbocycles. The third kappa shape index (κ3) is 3.87. The molecule has 0 amide bonds. The van der Waals surface area contributed by atoms with E-state index in [1.165, 1.54) is 0 Å². The molecule has 1 aliphatic carbocycles. The lowest BCUT2D eigenvalue weighted by molar-refractivity contribution is 0.0436. The Hall–Kier alpha value is -2.25. The van der Waals surface area contributed by atoms with Crippen LogP contribution in [0.4, 0.5) is 4.79 Å². The van der Waals surface area contributed by atoms with Gasteiger partial charge in [0.1, 0.15) is 11.9 Å². The number of rotatable bonds is 2. The Balaban J connectivity index is 1.94. The summed E-state index contributed by atoms with van der Waals surface area (Å²) in [4.78, 5) is 11.6.